The van der Waals surface area contributed by atoms with Crippen LogP contribution in [0.25, 0.3) is 5.69 Å². The summed E-state index contributed by atoms with van der Waals surface area (Å²) in [5, 5.41) is 8.73. The molecule has 0 unspecified atom stereocenters. The molecule has 0 fully saturated rings. The first-order chi connectivity index (χ1) is 11.1. The number of benzene rings is 1. The smallest absolute Gasteiger partial charge is 0.193 e. The highest BCUT2D eigenvalue weighted by atomic mass is 16.1. The van der Waals surface area contributed by atoms with Gasteiger partial charge in [-0.15, -0.1) is 0 Å². The number of nitrogens with zero attached hydrogens (tertiary/aromatic N) is 5. The topological polar surface area (TPSA) is 56.0 Å². The first-order valence-electron chi connectivity index (χ1n) is 7.43. The molecule has 0 saturated heterocycles. The fourth-order valence-electron chi connectivity index (χ4n) is 2.46. The number of carbonyl (C=O) groups excluding carboxylic acids is 1. The van der Waals surface area contributed by atoms with Gasteiger partial charge in [-0.25, -0.2) is 0 Å². The lowest BCUT2D eigenvalue weighted by Gasteiger charge is -2.14. The van der Waals surface area contributed by atoms with Crippen LogP contribution in [-0.4, -0.2) is 43.8 Å². The Balaban J connectivity index is 1.62. The number of ketones is 1. The number of likely N-dealkylation sites (N-methyl/N-ethyl adjacent to an activating group) is 1. The number of Topliss-reactive ketones (excluding diaryl/α,β-unsaturated/α-hetero) is 1. The van der Waals surface area contributed by atoms with Gasteiger partial charge in [0, 0.05) is 19.8 Å². The maximum absolute atomic E-state index is 12.3. The molecule has 0 atom stereocenters. The van der Waals surface area contributed by atoms with Crippen molar-refractivity contribution in [3.63, 3.8) is 0 Å². The summed E-state index contributed by atoms with van der Waals surface area (Å²) in [4.78, 5) is 15.8. The maximum Gasteiger partial charge on any atom is 0.193 e. The number of para-hydroxylation sites is 1. The zero-order valence-corrected chi connectivity index (χ0v) is 13.3. The minimum atomic E-state index is 0.0930. The number of hydrogen-bond donors (Lipinski definition) is 0. The van der Waals surface area contributed by atoms with Crippen LogP contribution in [-0.2, 0) is 13.6 Å². The lowest BCUT2D eigenvalue weighted by Crippen LogP contribution is -2.26. The highest BCUT2D eigenvalue weighted by molar-refractivity contribution is 5.96. The number of carbonyl (C=O) groups is 1. The van der Waals surface area contributed by atoms with Crippen LogP contribution in [0.3, 0.4) is 0 Å². The molecule has 0 N–H and O–H groups in total. The van der Waals surface area contributed by atoms with E-state index in [1.54, 1.807) is 11.0 Å². The molecular weight excluding hydrogens is 290 g/mol. The van der Waals surface area contributed by atoms with Gasteiger partial charge in [0.25, 0.3) is 0 Å². The molecule has 0 amide bonds. The molecule has 3 aromatic rings. The molecule has 118 valence electrons. The van der Waals surface area contributed by atoms with Gasteiger partial charge in [0.05, 0.1) is 29.8 Å². The average molecular weight is 309 g/mol. The predicted octanol–water partition coefficient (Wildman–Crippen LogP) is 1.92. The summed E-state index contributed by atoms with van der Waals surface area (Å²) in [6.45, 7) is 0.916. The zero-order valence-electron chi connectivity index (χ0n) is 13.3. The molecule has 0 radical (unpaired) electrons. The van der Waals surface area contributed by atoms with E-state index in [-0.39, 0.29) is 5.78 Å². The van der Waals surface area contributed by atoms with E-state index >= 15 is 0 Å². The molecule has 0 aliphatic heterocycles. The van der Waals surface area contributed by atoms with Gasteiger partial charge >= 0.3 is 0 Å². The van der Waals surface area contributed by atoms with E-state index < -0.39 is 0 Å². The molecule has 6 nitrogen and oxygen atoms in total. The minimum Gasteiger partial charge on any atom is -0.348 e. The Hall–Kier alpha value is -2.73. The van der Waals surface area contributed by atoms with Crippen molar-refractivity contribution in [2.75, 3.05) is 13.6 Å². The Kier molecular flexibility index (Phi) is 4.34. The summed E-state index contributed by atoms with van der Waals surface area (Å²) in [6, 6.07) is 13.5. The number of hydrogen-bond acceptors (Lipinski definition) is 4. The molecule has 6 heteroatoms. The van der Waals surface area contributed by atoms with Crippen molar-refractivity contribution in [2.24, 2.45) is 7.05 Å². The molecular formula is C17H19N5O. The third kappa shape index (κ3) is 3.54. The normalized spacial score (nSPS) is 11.1. The third-order valence-electron chi connectivity index (χ3n) is 3.60. The van der Waals surface area contributed by atoms with Crippen molar-refractivity contribution in [3.05, 3.63) is 66.2 Å². The van der Waals surface area contributed by atoms with E-state index in [1.165, 1.54) is 0 Å². The zero-order chi connectivity index (χ0) is 16.2. The van der Waals surface area contributed by atoms with Crippen LogP contribution in [0, 0.1) is 0 Å². The van der Waals surface area contributed by atoms with Crippen molar-refractivity contribution in [1.29, 1.82) is 0 Å². The predicted molar refractivity (Wildman–Crippen MR) is 87.4 cm³/mol. The van der Waals surface area contributed by atoms with E-state index in [9.17, 15) is 4.79 Å². The number of rotatable bonds is 6. The van der Waals surface area contributed by atoms with E-state index in [4.69, 9.17) is 0 Å². The number of aryl methyl sites for hydroxylation is 1. The summed E-state index contributed by atoms with van der Waals surface area (Å²) in [5.74, 6) is 0.0930. The summed E-state index contributed by atoms with van der Waals surface area (Å²) in [6.07, 6.45) is 3.61. The summed E-state index contributed by atoms with van der Waals surface area (Å²) >= 11 is 0. The van der Waals surface area contributed by atoms with Crippen molar-refractivity contribution in [3.8, 4) is 5.69 Å². The van der Waals surface area contributed by atoms with E-state index in [0.29, 0.717) is 18.8 Å². The molecule has 0 aliphatic rings. The molecule has 0 bridgehead atoms. The van der Waals surface area contributed by atoms with Gasteiger partial charge in [-0.1, -0.05) is 18.2 Å². The van der Waals surface area contributed by atoms with Crippen molar-refractivity contribution < 1.29 is 4.79 Å². The van der Waals surface area contributed by atoms with Gasteiger partial charge < -0.3 is 4.57 Å². The Morgan fingerprint density at radius 3 is 2.65 bits per heavy atom. The van der Waals surface area contributed by atoms with E-state index in [1.807, 2.05) is 72.2 Å². The fraction of sp³-hybridized carbons (Fsp3) is 0.235. The number of aromatic nitrogens is 4. The molecule has 23 heavy (non-hydrogen) atoms. The Morgan fingerprint density at radius 2 is 1.96 bits per heavy atom. The quantitative estimate of drug-likeness (QED) is 0.653. The first-order valence-corrected chi connectivity index (χ1v) is 7.43. The fourth-order valence-corrected chi connectivity index (χ4v) is 2.46. The van der Waals surface area contributed by atoms with Crippen molar-refractivity contribution >= 4 is 5.78 Å². The lowest BCUT2D eigenvalue weighted by molar-refractivity contribution is 0.0934. The van der Waals surface area contributed by atoms with Crippen LogP contribution in [0.5, 0.6) is 0 Å². The largest absolute Gasteiger partial charge is 0.348 e. The van der Waals surface area contributed by atoms with Crippen LogP contribution in [0.1, 0.15) is 16.2 Å². The SMILES string of the molecule is CN(CC(=O)c1cccn1C)Cc1cnn(-c2ccccc2)n1. The van der Waals surface area contributed by atoms with Gasteiger partial charge in [0.2, 0.25) is 0 Å². The van der Waals surface area contributed by atoms with Gasteiger partial charge in [0.15, 0.2) is 5.78 Å². The molecule has 0 spiro atoms. The lowest BCUT2D eigenvalue weighted by atomic mass is 10.2. The summed E-state index contributed by atoms with van der Waals surface area (Å²) in [7, 11) is 3.78. The Bertz CT molecular complexity index is 790. The molecule has 1 aromatic carbocycles. The summed E-state index contributed by atoms with van der Waals surface area (Å²) < 4.78 is 1.84. The highest BCUT2D eigenvalue weighted by Gasteiger charge is 2.13. The Labute approximate surface area is 135 Å². The molecule has 0 saturated carbocycles. The van der Waals surface area contributed by atoms with E-state index in [2.05, 4.69) is 10.2 Å². The van der Waals surface area contributed by atoms with Crippen molar-refractivity contribution in [2.45, 2.75) is 6.54 Å². The van der Waals surface area contributed by atoms with Crippen LogP contribution >= 0.6 is 0 Å². The first kappa shape index (κ1) is 15.2. The van der Waals surface area contributed by atoms with Gasteiger partial charge in [-0.2, -0.15) is 15.0 Å². The molecule has 2 heterocycles. The minimum absolute atomic E-state index is 0.0930. The molecule has 0 aliphatic carbocycles. The second kappa shape index (κ2) is 6.58. The van der Waals surface area contributed by atoms with E-state index in [0.717, 1.165) is 11.4 Å². The maximum atomic E-state index is 12.3. The van der Waals surface area contributed by atoms with Crippen LogP contribution in [0.2, 0.25) is 0 Å². The van der Waals surface area contributed by atoms with Gasteiger partial charge in [0.1, 0.15) is 0 Å². The van der Waals surface area contributed by atoms with Crippen LogP contribution in [0.15, 0.2) is 54.9 Å². The third-order valence-corrected chi connectivity index (χ3v) is 3.60. The summed E-state index contributed by atoms with van der Waals surface area (Å²) in [5.41, 5.74) is 2.46. The second-order valence-corrected chi connectivity index (χ2v) is 5.56. The highest BCUT2D eigenvalue weighted by Crippen LogP contribution is 2.07. The monoisotopic (exact) mass is 309 g/mol. The van der Waals surface area contributed by atoms with Crippen LogP contribution < -0.4 is 0 Å². The molecule has 2 aromatic heterocycles. The van der Waals surface area contributed by atoms with Crippen molar-refractivity contribution in [1.82, 2.24) is 24.5 Å². The Morgan fingerprint density at radius 1 is 1.17 bits per heavy atom. The average Bonchev–Trinajstić information content (AvgIpc) is 3.17. The van der Waals surface area contributed by atoms with Gasteiger partial charge in [-0.05, 0) is 31.3 Å². The second-order valence-electron chi connectivity index (χ2n) is 5.56. The standard InChI is InChI=1S/C17H19N5O/c1-20(13-17(23)16-9-6-10-21(16)2)12-14-11-18-22(19-14)15-7-4-3-5-8-15/h3-11H,12-13H2,1-2H3. The molecule has 3 rings (SSSR count). The van der Waals surface area contributed by atoms with Crippen LogP contribution in [0.4, 0.5) is 0 Å². The van der Waals surface area contributed by atoms with Gasteiger partial charge in [-0.3, -0.25) is 9.69 Å².